The van der Waals surface area contributed by atoms with Gasteiger partial charge in [-0.2, -0.15) is 0 Å². The maximum atomic E-state index is 10.4. The minimum absolute atomic E-state index is 0.166. The monoisotopic (exact) mass is 176 g/mol. The van der Waals surface area contributed by atoms with Gasteiger partial charge < -0.3 is 21.1 Å². The molecular formula is C6H12N2O4. The summed E-state index contributed by atoms with van der Waals surface area (Å²) in [6, 6.07) is 0. The molecule has 0 aliphatic carbocycles. The number of hydrogen-bond donors (Lipinski definition) is 5. The highest BCUT2D eigenvalue weighted by atomic mass is 16.5. The summed E-state index contributed by atoms with van der Waals surface area (Å²) in [5.74, 6) is -3.97. The van der Waals surface area contributed by atoms with E-state index in [-0.39, 0.29) is 13.0 Å². The van der Waals surface area contributed by atoms with Gasteiger partial charge in [-0.1, -0.05) is 0 Å². The molecule has 0 aromatic rings. The summed E-state index contributed by atoms with van der Waals surface area (Å²) in [5.41, 5.74) is 5.27. The van der Waals surface area contributed by atoms with Crippen LogP contribution in [0.25, 0.3) is 0 Å². The highest BCUT2D eigenvalue weighted by molar-refractivity contribution is 5.70. The van der Waals surface area contributed by atoms with Crippen molar-refractivity contribution in [1.29, 1.82) is 0 Å². The molecule has 0 aromatic carbocycles. The predicted molar refractivity (Wildman–Crippen MR) is 38.9 cm³/mol. The number of aliphatic hydroxyl groups is 2. The van der Waals surface area contributed by atoms with Crippen LogP contribution in [0.3, 0.4) is 0 Å². The Morgan fingerprint density at radius 3 is 2.58 bits per heavy atom. The molecule has 1 aliphatic heterocycles. The summed E-state index contributed by atoms with van der Waals surface area (Å²) in [7, 11) is 0. The van der Waals surface area contributed by atoms with Gasteiger partial charge in [0.25, 0.3) is 0 Å². The molecule has 70 valence electrons. The molecule has 12 heavy (non-hydrogen) atoms. The topological polar surface area (TPSA) is 116 Å². The summed E-state index contributed by atoms with van der Waals surface area (Å²) in [6.07, 6.45) is -1.22. The van der Waals surface area contributed by atoms with Crippen molar-refractivity contribution in [2.75, 3.05) is 6.54 Å². The lowest BCUT2D eigenvalue weighted by Crippen LogP contribution is -2.63. The molecule has 1 aliphatic rings. The molecule has 0 bridgehead atoms. The summed E-state index contributed by atoms with van der Waals surface area (Å²) in [5, 5.41) is 29.4. The first-order valence-corrected chi connectivity index (χ1v) is 3.60. The molecule has 1 heterocycles. The fourth-order valence-corrected chi connectivity index (χ4v) is 1.17. The van der Waals surface area contributed by atoms with Crippen molar-refractivity contribution in [3.8, 4) is 0 Å². The fraction of sp³-hybridized carbons (Fsp3) is 0.833. The Kier molecular flexibility index (Phi) is 2.34. The Labute approximate surface area is 69.0 Å². The van der Waals surface area contributed by atoms with Gasteiger partial charge in [0.15, 0.2) is 5.79 Å². The number of nitrogens with two attached hydrogens (primary N) is 1. The van der Waals surface area contributed by atoms with Crippen LogP contribution in [0, 0.1) is 5.92 Å². The first kappa shape index (κ1) is 9.40. The average Bonchev–Trinajstić information content (AvgIpc) is 1.94. The van der Waals surface area contributed by atoms with Gasteiger partial charge >= 0.3 is 5.97 Å². The summed E-state index contributed by atoms with van der Waals surface area (Å²) in [4.78, 5) is 10.4. The van der Waals surface area contributed by atoms with Gasteiger partial charge in [0.05, 0.1) is 5.92 Å². The Bertz CT molecular complexity index is 194. The van der Waals surface area contributed by atoms with E-state index in [0.29, 0.717) is 0 Å². The molecule has 6 nitrogen and oxygen atoms in total. The highest BCUT2D eigenvalue weighted by Crippen LogP contribution is 2.20. The zero-order chi connectivity index (χ0) is 9.35. The van der Waals surface area contributed by atoms with E-state index in [9.17, 15) is 4.79 Å². The fourth-order valence-electron chi connectivity index (χ4n) is 1.17. The Balaban J connectivity index is 2.63. The van der Waals surface area contributed by atoms with E-state index < -0.39 is 23.8 Å². The van der Waals surface area contributed by atoms with Gasteiger partial charge in [0.1, 0.15) is 6.17 Å². The van der Waals surface area contributed by atoms with Gasteiger partial charge in [-0.25, -0.2) is 0 Å². The van der Waals surface area contributed by atoms with Gasteiger partial charge in [0, 0.05) is 13.0 Å². The number of carbonyl (C=O) groups is 1. The van der Waals surface area contributed by atoms with Gasteiger partial charge in [-0.15, -0.1) is 0 Å². The number of nitrogens with one attached hydrogen (secondary N) is 1. The Morgan fingerprint density at radius 2 is 2.17 bits per heavy atom. The summed E-state index contributed by atoms with van der Waals surface area (Å²) < 4.78 is 0. The van der Waals surface area contributed by atoms with Crippen molar-refractivity contribution in [3.63, 3.8) is 0 Å². The zero-order valence-corrected chi connectivity index (χ0v) is 6.40. The molecule has 6 heteroatoms. The van der Waals surface area contributed by atoms with E-state index in [4.69, 9.17) is 21.1 Å². The van der Waals surface area contributed by atoms with E-state index >= 15 is 0 Å². The first-order chi connectivity index (χ1) is 5.43. The predicted octanol–water partition coefficient (Wildman–Crippen LogP) is -2.35. The SMILES string of the molecule is NC1NCC(C(=O)O)CC1(O)O. The van der Waals surface area contributed by atoms with Crippen LogP contribution in [0.2, 0.25) is 0 Å². The second-order valence-corrected chi connectivity index (χ2v) is 3.00. The van der Waals surface area contributed by atoms with Crippen molar-refractivity contribution in [2.24, 2.45) is 11.7 Å². The van der Waals surface area contributed by atoms with Crippen molar-refractivity contribution in [2.45, 2.75) is 18.4 Å². The largest absolute Gasteiger partial charge is 0.481 e. The van der Waals surface area contributed by atoms with Crippen molar-refractivity contribution in [1.82, 2.24) is 5.32 Å². The number of hydrogen-bond acceptors (Lipinski definition) is 5. The minimum atomic E-state index is -2.12. The van der Waals surface area contributed by atoms with Crippen LogP contribution in [0.1, 0.15) is 6.42 Å². The Morgan fingerprint density at radius 1 is 1.58 bits per heavy atom. The zero-order valence-electron chi connectivity index (χ0n) is 6.40. The van der Waals surface area contributed by atoms with Crippen LogP contribution in [-0.4, -0.2) is 39.8 Å². The molecule has 0 saturated carbocycles. The quantitative estimate of drug-likeness (QED) is 0.285. The number of aliphatic carboxylic acids is 1. The first-order valence-electron chi connectivity index (χ1n) is 3.60. The molecule has 2 atom stereocenters. The maximum absolute atomic E-state index is 10.4. The van der Waals surface area contributed by atoms with E-state index in [1.54, 1.807) is 0 Å². The molecule has 0 radical (unpaired) electrons. The van der Waals surface area contributed by atoms with Crippen LogP contribution in [0.15, 0.2) is 0 Å². The smallest absolute Gasteiger partial charge is 0.307 e. The van der Waals surface area contributed by atoms with Crippen LogP contribution >= 0.6 is 0 Å². The molecule has 1 rings (SSSR count). The lowest BCUT2D eigenvalue weighted by atomic mass is 9.93. The van der Waals surface area contributed by atoms with Gasteiger partial charge in [-0.3, -0.25) is 10.1 Å². The third kappa shape index (κ3) is 1.72. The molecule has 6 N–H and O–H groups in total. The molecule has 0 spiro atoms. The normalized spacial score (nSPS) is 34.6. The van der Waals surface area contributed by atoms with Crippen LogP contribution in [0.5, 0.6) is 0 Å². The molecule has 2 unspecified atom stereocenters. The van der Waals surface area contributed by atoms with Crippen molar-refractivity contribution in [3.05, 3.63) is 0 Å². The molecule has 0 amide bonds. The third-order valence-corrected chi connectivity index (χ3v) is 1.98. The van der Waals surface area contributed by atoms with Crippen LogP contribution in [-0.2, 0) is 4.79 Å². The summed E-state index contributed by atoms with van der Waals surface area (Å²) in [6.45, 7) is 0.166. The lowest BCUT2D eigenvalue weighted by Gasteiger charge is -2.36. The number of carboxylic acids is 1. The molecule has 1 fully saturated rings. The molecular weight excluding hydrogens is 164 g/mol. The van der Waals surface area contributed by atoms with E-state index in [2.05, 4.69) is 5.32 Å². The van der Waals surface area contributed by atoms with E-state index in [1.165, 1.54) is 0 Å². The second kappa shape index (κ2) is 2.98. The summed E-state index contributed by atoms with van der Waals surface area (Å²) >= 11 is 0. The standard InChI is InChI=1S/C6H12N2O4/c7-5-6(11,12)1-3(2-8-5)4(9)10/h3,5,8,11-12H,1-2,7H2,(H,9,10). The highest BCUT2D eigenvalue weighted by Gasteiger charge is 2.41. The van der Waals surface area contributed by atoms with Crippen LogP contribution in [0.4, 0.5) is 0 Å². The average molecular weight is 176 g/mol. The maximum Gasteiger partial charge on any atom is 0.307 e. The number of piperidine rings is 1. The van der Waals surface area contributed by atoms with E-state index in [1.807, 2.05) is 0 Å². The van der Waals surface area contributed by atoms with Gasteiger partial charge in [0.2, 0.25) is 0 Å². The number of rotatable bonds is 1. The van der Waals surface area contributed by atoms with Gasteiger partial charge in [-0.05, 0) is 0 Å². The van der Waals surface area contributed by atoms with Crippen molar-refractivity contribution >= 4 is 5.97 Å². The lowest BCUT2D eigenvalue weighted by molar-refractivity contribution is -0.210. The number of carboxylic acid groups (broad SMARTS) is 1. The van der Waals surface area contributed by atoms with Crippen molar-refractivity contribution < 1.29 is 20.1 Å². The Hall–Kier alpha value is -0.690. The second-order valence-electron chi connectivity index (χ2n) is 3.00. The van der Waals surface area contributed by atoms with Crippen LogP contribution < -0.4 is 11.1 Å². The third-order valence-electron chi connectivity index (χ3n) is 1.98. The minimum Gasteiger partial charge on any atom is -0.481 e. The molecule has 1 saturated heterocycles. The van der Waals surface area contributed by atoms with E-state index in [0.717, 1.165) is 0 Å². The molecule has 0 aromatic heterocycles.